The second-order valence-corrected chi connectivity index (χ2v) is 5.67. The van der Waals surface area contributed by atoms with E-state index in [2.05, 4.69) is 6.92 Å². The molecule has 1 aliphatic heterocycles. The quantitative estimate of drug-likeness (QED) is 0.729. The Balaban J connectivity index is 1.87. The van der Waals surface area contributed by atoms with E-state index >= 15 is 0 Å². The predicted molar refractivity (Wildman–Crippen MR) is 68.2 cm³/mol. The molecule has 1 aliphatic carbocycles. The van der Waals surface area contributed by atoms with Gasteiger partial charge in [-0.05, 0) is 25.7 Å². The lowest BCUT2D eigenvalue weighted by molar-refractivity contribution is -0.144. The van der Waals surface area contributed by atoms with Crippen LogP contribution in [0, 0.1) is 5.92 Å². The number of alkyl halides is 1. The predicted octanol–water partition coefficient (Wildman–Crippen LogP) is 2.42. The molecule has 2 rings (SSSR count). The molecule has 2 atom stereocenters. The topological polar surface area (TPSA) is 29.5 Å². The largest absolute Gasteiger partial charge is 0.373 e. The first-order valence-electron chi connectivity index (χ1n) is 6.67. The molecule has 4 heteroatoms. The zero-order valence-corrected chi connectivity index (χ0v) is 11.3. The normalized spacial score (nSPS) is 30.8. The molecule has 0 aromatic rings. The van der Waals surface area contributed by atoms with Crippen molar-refractivity contribution in [3.63, 3.8) is 0 Å². The lowest BCUT2D eigenvalue weighted by Gasteiger charge is -2.38. The van der Waals surface area contributed by atoms with Crippen LogP contribution >= 0.6 is 11.6 Å². The third kappa shape index (κ3) is 3.35. The number of nitrogens with zero attached hydrogens (tertiary/aromatic N) is 1. The fourth-order valence-electron chi connectivity index (χ4n) is 2.84. The third-order valence-electron chi connectivity index (χ3n) is 3.94. The van der Waals surface area contributed by atoms with Crippen molar-refractivity contribution in [3.8, 4) is 0 Å². The maximum atomic E-state index is 12.3. The molecule has 0 N–H and O–H groups in total. The van der Waals surface area contributed by atoms with Crippen LogP contribution < -0.4 is 0 Å². The molecule has 0 spiro atoms. The van der Waals surface area contributed by atoms with Gasteiger partial charge >= 0.3 is 0 Å². The number of halogens is 1. The molecule has 3 nitrogen and oxygen atoms in total. The van der Waals surface area contributed by atoms with E-state index in [9.17, 15) is 4.79 Å². The Bertz CT molecular complexity index is 266. The molecule has 2 aliphatic rings. The second-order valence-electron chi connectivity index (χ2n) is 5.36. The van der Waals surface area contributed by atoms with Gasteiger partial charge in [-0.3, -0.25) is 4.79 Å². The van der Waals surface area contributed by atoms with Crippen molar-refractivity contribution in [1.82, 2.24) is 4.90 Å². The molecule has 2 fully saturated rings. The number of carbonyl (C=O) groups excluding carboxylic acids is 1. The Morgan fingerprint density at radius 3 is 2.76 bits per heavy atom. The first-order chi connectivity index (χ1) is 8.20. The second kappa shape index (κ2) is 6.05. The van der Waals surface area contributed by atoms with E-state index in [0.717, 1.165) is 6.42 Å². The smallest absolute Gasteiger partial charge is 0.223 e. The molecule has 1 saturated carbocycles. The zero-order chi connectivity index (χ0) is 12.3. The highest BCUT2D eigenvalue weighted by Crippen LogP contribution is 2.28. The minimum absolute atomic E-state index is 0.0143. The van der Waals surface area contributed by atoms with E-state index in [4.69, 9.17) is 16.3 Å². The first-order valence-corrected chi connectivity index (χ1v) is 7.21. The van der Waals surface area contributed by atoms with Crippen molar-refractivity contribution < 1.29 is 9.53 Å². The van der Waals surface area contributed by atoms with Crippen LogP contribution in [0.15, 0.2) is 0 Å². The van der Waals surface area contributed by atoms with Crippen LogP contribution in [0.3, 0.4) is 0 Å². The molecular weight excluding hydrogens is 238 g/mol. The summed E-state index contributed by atoms with van der Waals surface area (Å²) in [5.74, 6) is 1.38. The fraction of sp³-hybridized carbons (Fsp3) is 0.923. The summed E-state index contributed by atoms with van der Waals surface area (Å²) in [5.41, 5.74) is 0. The van der Waals surface area contributed by atoms with Crippen LogP contribution in [0.25, 0.3) is 0 Å². The van der Waals surface area contributed by atoms with E-state index < -0.39 is 0 Å². The minimum atomic E-state index is 0.0143. The molecule has 17 heavy (non-hydrogen) atoms. The Hall–Kier alpha value is -0.280. The number of carbonyl (C=O) groups is 1. The SMILES string of the molecule is CC1COC(CCl)CN1C(=O)CC1CCCC1. The Labute approximate surface area is 108 Å². The lowest BCUT2D eigenvalue weighted by Crippen LogP contribution is -2.51. The molecule has 1 saturated heterocycles. The summed E-state index contributed by atoms with van der Waals surface area (Å²) in [5, 5.41) is 0. The van der Waals surface area contributed by atoms with Crippen LogP contribution in [0.2, 0.25) is 0 Å². The summed E-state index contributed by atoms with van der Waals surface area (Å²) in [6, 6.07) is 0.198. The number of hydrogen-bond donors (Lipinski definition) is 0. The summed E-state index contributed by atoms with van der Waals surface area (Å²) >= 11 is 5.81. The molecule has 1 heterocycles. The molecular formula is C13H22ClNO2. The van der Waals surface area contributed by atoms with E-state index in [-0.39, 0.29) is 12.1 Å². The van der Waals surface area contributed by atoms with Gasteiger partial charge in [-0.1, -0.05) is 12.8 Å². The van der Waals surface area contributed by atoms with Crippen molar-refractivity contribution >= 4 is 17.5 Å². The van der Waals surface area contributed by atoms with Gasteiger partial charge in [0.25, 0.3) is 0 Å². The lowest BCUT2D eigenvalue weighted by atomic mass is 10.0. The van der Waals surface area contributed by atoms with Gasteiger partial charge in [0.1, 0.15) is 0 Å². The van der Waals surface area contributed by atoms with Crippen LogP contribution in [0.4, 0.5) is 0 Å². The van der Waals surface area contributed by atoms with Gasteiger partial charge in [-0.2, -0.15) is 0 Å². The average Bonchev–Trinajstić information content (AvgIpc) is 2.82. The summed E-state index contributed by atoms with van der Waals surface area (Å²) in [4.78, 5) is 14.2. The number of ether oxygens (including phenoxy) is 1. The van der Waals surface area contributed by atoms with E-state index in [0.29, 0.717) is 30.9 Å². The molecule has 98 valence electrons. The van der Waals surface area contributed by atoms with Gasteiger partial charge in [-0.25, -0.2) is 0 Å². The van der Waals surface area contributed by atoms with Crippen molar-refractivity contribution in [1.29, 1.82) is 0 Å². The molecule has 0 radical (unpaired) electrons. The molecule has 0 bridgehead atoms. The molecule has 2 unspecified atom stereocenters. The summed E-state index contributed by atoms with van der Waals surface area (Å²) < 4.78 is 5.56. The van der Waals surface area contributed by atoms with E-state index in [1.807, 2.05) is 4.90 Å². The molecule has 1 amide bonds. The summed E-state index contributed by atoms with van der Waals surface area (Å²) in [6.45, 7) is 3.33. The highest BCUT2D eigenvalue weighted by Gasteiger charge is 2.30. The minimum Gasteiger partial charge on any atom is -0.373 e. The number of morpholine rings is 1. The van der Waals surface area contributed by atoms with Gasteiger partial charge in [0.15, 0.2) is 0 Å². The number of amides is 1. The molecule has 0 aromatic heterocycles. The fourth-order valence-corrected chi connectivity index (χ4v) is 3.02. The number of rotatable bonds is 3. The highest BCUT2D eigenvalue weighted by atomic mass is 35.5. The van der Waals surface area contributed by atoms with Gasteiger partial charge in [0.2, 0.25) is 5.91 Å². The highest BCUT2D eigenvalue weighted by molar-refractivity contribution is 6.18. The Kier molecular flexibility index (Phi) is 4.69. The van der Waals surface area contributed by atoms with Crippen LogP contribution in [0.1, 0.15) is 39.0 Å². The van der Waals surface area contributed by atoms with Gasteiger partial charge in [0.05, 0.1) is 24.6 Å². The van der Waals surface area contributed by atoms with Crippen LogP contribution in [-0.4, -0.2) is 42.0 Å². The maximum Gasteiger partial charge on any atom is 0.223 e. The third-order valence-corrected chi connectivity index (χ3v) is 4.28. The van der Waals surface area contributed by atoms with Gasteiger partial charge in [-0.15, -0.1) is 11.6 Å². The summed E-state index contributed by atoms with van der Waals surface area (Å²) in [6.07, 6.45) is 5.77. The van der Waals surface area contributed by atoms with Crippen LogP contribution in [-0.2, 0) is 9.53 Å². The monoisotopic (exact) mass is 259 g/mol. The van der Waals surface area contributed by atoms with Crippen LogP contribution in [0.5, 0.6) is 0 Å². The number of hydrogen-bond acceptors (Lipinski definition) is 2. The van der Waals surface area contributed by atoms with Crippen molar-refractivity contribution in [2.45, 2.75) is 51.2 Å². The van der Waals surface area contributed by atoms with Gasteiger partial charge in [0, 0.05) is 13.0 Å². The average molecular weight is 260 g/mol. The van der Waals surface area contributed by atoms with Crippen molar-refractivity contribution in [2.75, 3.05) is 19.0 Å². The first kappa shape index (κ1) is 13.2. The Morgan fingerprint density at radius 2 is 2.12 bits per heavy atom. The van der Waals surface area contributed by atoms with Gasteiger partial charge < -0.3 is 9.64 Å². The van der Waals surface area contributed by atoms with E-state index in [1.54, 1.807) is 0 Å². The van der Waals surface area contributed by atoms with Crippen molar-refractivity contribution in [3.05, 3.63) is 0 Å². The maximum absolute atomic E-state index is 12.3. The van der Waals surface area contributed by atoms with E-state index in [1.165, 1.54) is 25.7 Å². The molecule has 0 aromatic carbocycles. The van der Waals surface area contributed by atoms with Crippen molar-refractivity contribution in [2.24, 2.45) is 5.92 Å². The standard InChI is InChI=1S/C13H22ClNO2/c1-10-9-17-12(7-14)8-15(10)13(16)6-11-4-2-3-5-11/h10-12H,2-9H2,1H3. The summed E-state index contributed by atoms with van der Waals surface area (Å²) in [7, 11) is 0. The Morgan fingerprint density at radius 1 is 1.41 bits per heavy atom. The zero-order valence-electron chi connectivity index (χ0n) is 10.5.